The van der Waals surface area contributed by atoms with Crippen molar-refractivity contribution in [2.24, 2.45) is 0 Å². The van der Waals surface area contributed by atoms with Gasteiger partial charge in [0.15, 0.2) is 4.67 Å². The summed E-state index contributed by atoms with van der Waals surface area (Å²) in [5, 5.41) is 8.47. The zero-order valence-electron chi connectivity index (χ0n) is 5.11. The molecular weight excluding hydrogens is 262 g/mol. The van der Waals surface area contributed by atoms with Gasteiger partial charge in [0.1, 0.15) is 6.07 Å². The second-order valence-electron chi connectivity index (χ2n) is 1.76. The second kappa shape index (κ2) is 2.77. The van der Waals surface area contributed by atoms with E-state index in [0.717, 1.165) is 10.0 Å². The second-order valence-corrected chi connectivity index (χ2v) is 3.27. The molecule has 0 atom stereocenters. The van der Waals surface area contributed by atoms with Crippen LogP contribution in [0.5, 0.6) is 0 Å². The fraction of sp³-hybridized carbons (Fsp3) is 0.167. The molecule has 0 fully saturated rings. The molecule has 0 aliphatic heterocycles. The van der Waals surface area contributed by atoms with E-state index in [0.29, 0.717) is 10.4 Å². The lowest BCUT2D eigenvalue weighted by Crippen LogP contribution is -1.70. The van der Waals surface area contributed by atoms with Gasteiger partial charge in [-0.25, -0.2) is 0 Å². The van der Waals surface area contributed by atoms with E-state index >= 15 is 0 Å². The number of rotatable bonds is 0. The van der Waals surface area contributed by atoms with Crippen molar-refractivity contribution in [1.82, 2.24) is 0 Å². The minimum Gasteiger partial charge on any atom is -0.437 e. The van der Waals surface area contributed by atoms with Crippen molar-refractivity contribution >= 4 is 31.9 Å². The Balaban J connectivity index is 3.34. The first-order chi connectivity index (χ1) is 4.66. The summed E-state index contributed by atoms with van der Waals surface area (Å²) in [6.45, 7) is 1.82. The Bertz CT molecular complexity index is 297. The van der Waals surface area contributed by atoms with E-state index in [1.54, 1.807) is 0 Å². The highest BCUT2D eigenvalue weighted by molar-refractivity contribution is 9.13. The Morgan fingerprint density at radius 3 is 2.30 bits per heavy atom. The van der Waals surface area contributed by atoms with Gasteiger partial charge in [-0.05, 0) is 38.8 Å². The molecular formula is C6H3Br2NO. The highest BCUT2D eigenvalue weighted by Crippen LogP contribution is 2.30. The number of nitriles is 1. The molecule has 0 amide bonds. The Morgan fingerprint density at radius 1 is 1.50 bits per heavy atom. The molecule has 0 unspecified atom stereocenters. The van der Waals surface area contributed by atoms with Crippen LogP contribution in [0.25, 0.3) is 0 Å². The number of hydrogen-bond acceptors (Lipinski definition) is 2. The van der Waals surface area contributed by atoms with Crippen molar-refractivity contribution in [3.63, 3.8) is 0 Å². The number of hydrogen-bond donors (Lipinski definition) is 0. The van der Waals surface area contributed by atoms with Crippen molar-refractivity contribution in [2.75, 3.05) is 0 Å². The van der Waals surface area contributed by atoms with E-state index in [2.05, 4.69) is 31.9 Å². The minimum atomic E-state index is 0.346. The molecule has 2 nitrogen and oxygen atoms in total. The van der Waals surface area contributed by atoms with Gasteiger partial charge < -0.3 is 4.42 Å². The summed E-state index contributed by atoms with van der Waals surface area (Å²) in [6, 6.07) is 1.93. The van der Waals surface area contributed by atoms with Gasteiger partial charge in [-0.15, -0.1) is 0 Å². The molecule has 1 aromatic rings. The Morgan fingerprint density at radius 2 is 2.10 bits per heavy atom. The largest absolute Gasteiger partial charge is 0.437 e. The smallest absolute Gasteiger partial charge is 0.209 e. The average Bonchev–Trinajstić information content (AvgIpc) is 2.17. The topological polar surface area (TPSA) is 36.9 Å². The first-order valence-electron chi connectivity index (χ1n) is 2.51. The van der Waals surface area contributed by atoms with E-state index < -0.39 is 0 Å². The summed E-state index contributed by atoms with van der Waals surface area (Å²) < 4.78 is 6.38. The van der Waals surface area contributed by atoms with E-state index in [1.807, 2.05) is 13.0 Å². The van der Waals surface area contributed by atoms with E-state index in [9.17, 15) is 0 Å². The summed E-state index contributed by atoms with van der Waals surface area (Å²) >= 11 is 6.39. The van der Waals surface area contributed by atoms with Crippen LogP contribution in [0.3, 0.4) is 0 Å². The molecule has 0 saturated heterocycles. The van der Waals surface area contributed by atoms with Gasteiger partial charge in [-0.2, -0.15) is 5.26 Å². The Kier molecular flexibility index (Phi) is 2.17. The Labute approximate surface area is 75.1 Å². The van der Waals surface area contributed by atoms with Crippen LogP contribution in [0, 0.1) is 18.3 Å². The summed E-state index contributed by atoms with van der Waals surface area (Å²) in [4.78, 5) is 0. The summed E-state index contributed by atoms with van der Waals surface area (Å²) in [5.74, 6) is 0.346. The first kappa shape index (κ1) is 7.83. The lowest BCUT2D eigenvalue weighted by Gasteiger charge is -1.80. The third kappa shape index (κ3) is 1.11. The van der Waals surface area contributed by atoms with Gasteiger partial charge in [0.2, 0.25) is 5.76 Å². The zero-order valence-corrected chi connectivity index (χ0v) is 8.28. The molecule has 0 saturated carbocycles. The SMILES string of the molecule is Cc1c(C#N)oc(Br)c1Br. The molecule has 4 heteroatoms. The zero-order chi connectivity index (χ0) is 7.72. The van der Waals surface area contributed by atoms with Gasteiger partial charge in [0, 0.05) is 5.56 Å². The summed E-state index contributed by atoms with van der Waals surface area (Å²) in [7, 11) is 0. The van der Waals surface area contributed by atoms with Crippen LogP contribution in [-0.2, 0) is 0 Å². The molecule has 0 spiro atoms. The monoisotopic (exact) mass is 263 g/mol. The molecule has 1 aromatic heterocycles. The van der Waals surface area contributed by atoms with Gasteiger partial charge >= 0.3 is 0 Å². The van der Waals surface area contributed by atoms with Gasteiger partial charge in [0.25, 0.3) is 0 Å². The van der Waals surface area contributed by atoms with Crippen LogP contribution in [0.1, 0.15) is 11.3 Å². The third-order valence-corrected chi connectivity index (χ3v) is 3.18. The summed E-state index contributed by atoms with van der Waals surface area (Å²) in [5.41, 5.74) is 0.828. The first-order valence-corrected chi connectivity index (χ1v) is 4.10. The number of halogens is 2. The van der Waals surface area contributed by atoms with Crippen molar-refractivity contribution in [2.45, 2.75) is 6.92 Å². The Hall–Kier alpha value is -0.270. The molecule has 52 valence electrons. The molecule has 0 bridgehead atoms. The highest BCUT2D eigenvalue weighted by atomic mass is 79.9. The maximum Gasteiger partial charge on any atom is 0.209 e. The van der Waals surface area contributed by atoms with Crippen LogP contribution in [-0.4, -0.2) is 0 Å². The third-order valence-electron chi connectivity index (χ3n) is 1.14. The van der Waals surface area contributed by atoms with Crippen LogP contribution in [0.4, 0.5) is 0 Å². The molecule has 0 aliphatic carbocycles. The standard InChI is InChI=1S/C6H3Br2NO/c1-3-4(2-9)10-6(8)5(3)7/h1H3. The van der Waals surface area contributed by atoms with Crippen LogP contribution in [0.2, 0.25) is 0 Å². The van der Waals surface area contributed by atoms with E-state index in [4.69, 9.17) is 9.68 Å². The minimum absolute atomic E-state index is 0.346. The quantitative estimate of drug-likeness (QED) is 0.722. The molecule has 0 aliphatic rings. The van der Waals surface area contributed by atoms with Crippen LogP contribution in [0.15, 0.2) is 13.6 Å². The summed E-state index contributed by atoms with van der Waals surface area (Å²) in [6.07, 6.45) is 0. The van der Waals surface area contributed by atoms with Crippen molar-refractivity contribution in [3.8, 4) is 6.07 Å². The molecule has 0 aromatic carbocycles. The van der Waals surface area contributed by atoms with Gasteiger partial charge in [-0.1, -0.05) is 0 Å². The lowest BCUT2D eigenvalue weighted by atomic mass is 10.3. The van der Waals surface area contributed by atoms with Crippen LogP contribution >= 0.6 is 31.9 Å². The normalized spacial score (nSPS) is 9.40. The van der Waals surface area contributed by atoms with Gasteiger partial charge in [0.05, 0.1) is 4.47 Å². The fourth-order valence-electron chi connectivity index (χ4n) is 0.565. The number of nitrogens with zero attached hydrogens (tertiary/aromatic N) is 1. The predicted octanol–water partition coefficient (Wildman–Crippen LogP) is 2.98. The van der Waals surface area contributed by atoms with E-state index in [-0.39, 0.29) is 0 Å². The molecule has 1 rings (SSSR count). The lowest BCUT2D eigenvalue weighted by molar-refractivity contribution is 0.524. The maximum atomic E-state index is 8.47. The molecule has 10 heavy (non-hydrogen) atoms. The van der Waals surface area contributed by atoms with Gasteiger partial charge in [-0.3, -0.25) is 0 Å². The average molecular weight is 265 g/mol. The highest BCUT2D eigenvalue weighted by Gasteiger charge is 2.11. The predicted molar refractivity (Wildman–Crippen MR) is 43.6 cm³/mol. The van der Waals surface area contributed by atoms with Crippen molar-refractivity contribution in [3.05, 3.63) is 20.5 Å². The van der Waals surface area contributed by atoms with Crippen LogP contribution < -0.4 is 0 Å². The van der Waals surface area contributed by atoms with Crippen molar-refractivity contribution < 1.29 is 4.42 Å². The maximum absolute atomic E-state index is 8.47. The number of furan rings is 1. The molecule has 0 radical (unpaired) electrons. The fourth-order valence-corrected chi connectivity index (χ4v) is 1.28. The van der Waals surface area contributed by atoms with E-state index in [1.165, 1.54) is 0 Å². The molecule has 0 N–H and O–H groups in total. The molecule has 1 heterocycles. The van der Waals surface area contributed by atoms with Crippen molar-refractivity contribution in [1.29, 1.82) is 5.26 Å².